The molecule has 0 spiro atoms. The summed E-state index contributed by atoms with van der Waals surface area (Å²) < 4.78 is 7.61. The zero-order valence-corrected chi connectivity index (χ0v) is 15.2. The maximum Gasteiger partial charge on any atom is 0.241 e. The van der Waals surface area contributed by atoms with E-state index in [1.165, 1.54) is 4.68 Å². The first-order valence-electron chi connectivity index (χ1n) is 8.58. The first kappa shape index (κ1) is 18.0. The number of ether oxygens (including phenoxy) is 1. The average Bonchev–Trinajstić information content (AvgIpc) is 3.39. The molecule has 1 aliphatic rings. The third-order valence-electron chi connectivity index (χ3n) is 4.56. The van der Waals surface area contributed by atoms with Crippen LogP contribution in [0.1, 0.15) is 46.8 Å². The maximum atomic E-state index is 11.7. The first-order valence-corrected chi connectivity index (χ1v) is 8.58. The molecule has 1 fully saturated rings. The Morgan fingerprint density at radius 1 is 1.42 bits per heavy atom. The summed E-state index contributed by atoms with van der Waals surface area (Å²) in [7, 11) is 1.56. The molecule has 0 radical (unpaired) electrons. The van der Waals surface area contributed by atoms with Crippen molar-refractivity contribution in [2.75, 3.05) is 7.05 Å². The monoisotopic (exact) mass is 354 g/mol. The summed E-state index contributed by atoms with van der Waals surface area (Å²) in [5.41, 5.74) is 3.56. The number of hydrogen-bond acceptors (Lipinski definition) is 5. The van der Waals surface area contributed by atoms with Gasteiger partial charge in [0.2, 0.25) is 5.91 Å². The molecule has 0 aliphatic heterocycles. The van der Waals surface area contributed by atoms with E-state index in [9.17, 15) is 15.2 Å². The van der Waals surface area contributed by atoms with Gasteiger partial charge in [-0.2, -0.15) is 10.4 Å². The molecule has 0 bridgehead atoms. The predicted molar refractivity (Wildman–Crippen MR) is 94.9 cm³/mol. The molecule has 1 saturated carbocycles. The summed E-state index contributed by atoms with van der Waals surface area (Å²) in [6.45, 7) is 3.48. The Morgan fingerprint density at radius 3 is 2.58 bits per heavy atom. The van der Waals surface area contributed by atoms with Crippen molar-refractivity contribution in [3.8, 4) is 17.6 Å². The molecule has 136 valence electrons. The molecule has 0 unspecified atom stereocenters. The Labute approximate surface area is 152 Å². The molecule has 3 rings (SSSR count). The van der Waals surface area contributed by atoms with E-state index in [0.29, 0.717) is 28.7 Å². The van der Waals surface area contributed by atoms with Gasteiger partial charge in [0.15, 0.2) is 5.75 Å². The van der Waals surface area contributed by atoms with E-state index in [2.05, 4.69) is 16.5 Å². The van der Waals surface area contributed by atoms with Crippen LogP contribution in [0.25, 0.3) is 0 Å². The number of amides is 1. The third-order valence-corrected chi connectivity index (χ3v) is 4.56. The Kier molecular flexibility index (Phi) is 4.96. The highest BCUT2D eigenvalue weighted by Crippen LogP contribution is 2.46. The number of nitrogens with one attached hydrogen (secondary N) is 1. The fraction of sp³-hybridized carbons (Fsp3) is 0.421. The SMILES string of the molecule is CNC(=O)Cn1nc(C2CC2)c(Oc2cc(C)c(C#N)c(C)c2)c1CO. The van der Waals surface area contributed by atoms with Crippen molar-refractivity contribution in [2.45, 2.75) is 45.8 Å². The largest absolute Gasteiger partial charge is 0.453 e. The Hall–Kier alpha value is -2.85. The first-order chi connectivity index (χ1) is 12.5. The van der Waals surface area contributed by atoms with Crippen LogP contribution in [-0.2, 0) is 17.9 Å². The Bertz CT molecular complexity index is 868. The zero-order valence-electron chi connectivity index (χ0n) is 15.2. The number of carbonyl (C=O) groups excluding carboxylic acids is 1. The van der Waals surface area contributed by atoms with Gasteiger partial charge in [-0.1, -0.05) is 0 Å². The number of carbonyl (C=O) groups is 1. The van der Waals surface area contributed by atoms with E-state index < -0.39 is 0 Å². The number of rotatable bonds is 6. The topological polar surface area (TPSA) is 100 Å². The van der Waals surface area contributed by atoms with Crippen LogP contribution < -0.4 is 10.1 Å². The molecule has 1 aliphatic carbocycles. The lowest BCUT2D eigenvalue weighted by molar-refractivity contribution is -0.121. The fourth-order valence-corrected chi connectivity index (χ4v) is 3.01. The molecule has 1 aromatic carbocycles. The molecule has 1 aromatic heterocycles. The molecule has 2 aromatic rings. The van der Waals surface area contributed by atoms with Crippen LogP contribution in [0, 0.1) is 25.2 Å². The van der Waals surface area contributed by atoms with Crippen LogP contribution in [0.5, 0.6) is 11.5 Å². The number of hydrogen-bond donors (Lipinski definition) is 2. The molecule has 7 nitrogen and oxygen atoms in total. The summed E-state index contributed by atoms with van der Waals surface area (Å²) in [6.07, 6.45) is 2.04. The number of benzene rings is 1. The standard InChI is InChI=1S/C19H22N4O3/c1-11-6-14(7-12(2)15(11)8-20)26-19-16(10-24)23(9-17(25)21-3)22-18(19)13-4-5-13/h6-7,13,24H,4-5,9-10H2,1-3H3,(H,21,25). The van der Waals surface area contributed by atoms with Crippen molar-refractivity contribution < 1.29 is 14.6 Å². The van der Waals surface area contributed by atoms with Crippen LogP contribution in [-0.4, -0.2) is 27.8 Å². The van der Waals surface area contributed by atoms with E-state index >= 15 is 0 Å². The van der Waals surface area contributed by atoms with E-state index in [0.717, 1.165) is 29.7 Å². The second kappa shape index (κ2) is 7.18. The maximum absolute atomic E-state index is 11.7. The molecule has 1 heterocycles. The Balaban J connectivity index is 2.01. The number of nitrogens with zero attached hydrogens (tertiary/aromatic N) is 3. The van der Waals surface area contributed by atoms with Crippen molar-refractivity contribution in [1.29, 1.82) is 5.26 Å². The second-order valence-electron chi connectivity index (χ2n) is 6.57. The smallest absolute Gasteiger partial charge is 0.241 e. The fourth-order valence-electron chi connectivity index (χ4n) is 3.01. The van der Waals surface area contributed by atoms with Crippen LogP contribution in [0.15, 0.2) is 12.1 Å². The highest BCUT2D eigenvalue weighted by atomic mass is 16.5. The van der Waals surface area contributed by atoms with Crippen LogP contribution in [0.4, 0.5) is 0 Å². The number of aliphatic hydroxyl groups excluding tert-OH is 1. The third kappa shape index (κ3) is 3.41. The average molecular weight is 354 g/mol. The van der Waals surface area contributed by atoms with Crippen LogP contribution in [0.3, 0.4) is 0 Å². The minimum absolute atomic E-state index is 0.0287. The summed E-state index contributed by atoms with van der Waals surface area (Å²) in [5, 5.41) is 26.2. The number of nitriles is 1. The summed E-state index contributed by atoms with van der Waals surface area (Å²) in [6, 6.07) is 5.80. The van der Waals surface area contributed by atoms with Gasteiger partial charge in [0, 0.05) is 13.0 Å². The van der Waals surface area contributed by atoms with Gasteiger partial charge in [0.25, 0.3) is 0 Å². The van der Waals surface area contributed by atoms with Crippen molar-refractivity contribution in [1.82, 2.24) is 15.1 Å². The molecular formula is C19H22N4O3. The minimum atomic E-state index is -0.277. The lowest BCUT2D eigenvalue weighted by Gasteiger charge is -2.11. The Morgan fingerprint density at radius 2 is 2.08 bits per heavy atom. The number of aromatic nitrogens is 2. The van der Waals surface area contributed by atoms with Gasteiger partial charge in [0.1, 0.15) is 23.7 Å². The van der Waals surface area contributed by atoms with Crippen LogP contribution >= 0.6 is 0 Å². The zero-order chi connectivity index (χ0) is 18.8. The summed E-state index contributed by atoms with van der Waals surface area (Å²) in [4.78, 5) is 11.7. The van der Waals surface area contributed by atoms with E-state index in [-0.39, 0.29) is 19.1 Å². The van der Waals surface area contributed by atoms with E-state index in [1.807, 2.05) is 13.8 Å². The quantitative estimate of drug-likeness (QED) is 0.829. The van der Waals surface area contributed by atoms with E-state index in [4.69, 9.17) is 4.74 Å². The highest BCUT2D eigenvalue weighted by molar-refractivity contribution is 5.75. The lowest BCUT2D eigenvalue weighted by Crippen LogP contribution is -2.25. The van der Waals surface area contributed by atoms with Crippen molar-refractivity contribution in [3.05, 3.63) is 40.2 Å². The lowest BCUT2D eigenvalue weighted by atomic mass is 10.0. The number of aliphatic hydroxyl groups is 1. The van der Waals surface area contributed by atoms with Gasteiger partial charge in [-0.3, -0.25) is 9.48 Å². The molecule has 1 amide bonds. The molecule has 0 saturated heterocycles. The second-order valence-corrected chi connectivity index (χ2v) is 6.57. The normalized spacial score (nSPS) is 13.3. The van der Waals surface area contributed by atoms with Gasteiger partial charge >= 0.3 is 0 Å². The number of aryl methyl sites for hydroxylation is 2. The summed E-state index contributed by atoms with van der Waals surface area (Å²) in [5.74, 6) is 1.21. The van der Waals surface area contributed by atoms with Gasteiger partial charge in [-0.25, -0.2) is 0 Å². The van der Waals surface area contributed by atoms with Gasteiger partial charge in [-0.05, 0) is 49.9 Å². The molecule has 26 heavy (non-hydrogen) atoms. The molecule has 7 heteroatoms. The van der Waals surface area contributed by atoms with Crippen molar-refractivity contribution >= 4 is 5.91 Å². The van der Waals surface area contributed by atoms with Gasteiger partial charge in [0.05, 0.1) is 18.2 Å². The van der Waals surface area contributed by atoms with Crippen molar-refractivity contribution in [2.24, 2.45) is 0 Å². The number of likely N-dealkylation sites (N-methyl/N-ethyl adjacent to an activating group) is 1. The van der Waals surface area contributed by atoms with Crippen LogP contribution in [0.2, 0.25) is 0 Å². The highest BCUT2D eigenvalue weighted by Gasteiger charge is 2.33. The van der Waals surface area contributed by atoms with Gasteiger partial charge < -0.3 is 15.2 Å². The minimum Gasteiger partial charge on any atom is -0.453 e. The van der Waals surface area contributed by atoms with Gasteiger partial charge in [-0.15, -0.1) is 0 Å². The molecule has 0 atom stereocenters. The molecule has 2 N–H and O–H groups in total. The predicted octanol–water partition coefficient (Wildman–Crippen LogP) is 2.28. The van der Waals surface area contributed by atoms with E-state index in [1.54, 1.807) is 19.2 Å². The molecular weight excluding hydrogens is 332 g/mol. The van der Waals surface area contributed by atoms with Crippen molar-refractivity contribution in [3.63, 3.8) is 0 Å². The summed E-state index contributed by atoms with van der Waals surface area (Å²) >= 11 is 0.